The zero-order valence-corrected chi connectivity index (χ0v) is 12.1. The highest BCUT2D eigenvalue weighted by atomic mass is 35.5. The molecule has 0 fully saturated rings. The van der Waals surface area contributed by atoms with Gasteiger partial charge in [0.1, 0.15) is 0 Å². The summed E-state index contributed by atoms with van der Waals surface area (Å²) in [5.74, 6) is 0.714. The molecule has 0 rings (SSSR count). The highest BCUT2D eigenvalue weighted by Crippen LogP contribution is 2.27. The third kappa shape index (κ3) is 5.51. The molecular formula is C11H24ClNO2S. The van der Waals surface area contributed by atoms with Crippen molar-refractivity contribution in [3.8, 4) is 0 Å². The SMILES string of the molecule is CCCCS(=O)(=O)NCC(CC)(CC)CCl. The van der Waals surface area contributed by atoms with Crippen LogP contribution in [-0.2, 0) is 10.0 Å². The Kier molecular flexibility index (Phi) is 7.61. The summed E-state index contributed by atoms with van der Waals surface area (Å²) in [4.78, 5) is 0. The Morgan fingerprint density at radius 3 is 2.12 bits per heavy atom. The van der Waals surface area contributed by atoms with Crippen molar-refractivity contribution in [2.45, 2.75) is 46.5 Å². The Labute approximate surface area is 105 Å². The third-order valence-corrected chi connectivity index (χ3v) is 5.19. The minimum atomic E-state index is -3.12. The highest BCUT2D eigenvalue weighted by molar-refractivity contribution is 7.89. The maximum atomic E-state index is 11.6. The zero-order valence-electron chi connectivity index (χ0n) is 10.6. The molecule has 0 aromatic heterocycles. The molecule has 0 saturated heterocycles. The minimum absolute atomic E-state index is 0.0964. The Hall–Kier alpha value is 0.200. The summed E-state index contributed by atoms with van der Waals surface area (Å²) in [6.45, 7) is 6.53. The van der Waals surface area contributed by atoms with Crippen LogP contribution in [0, 0.1) is 5.41 Å². The summed E-state index contributed by atoms with van der Waals surface area (Å²) in [6.07, 6.45) is 3.39. The van der Waals surface area contributed by atoms with Gasteiger partial charge in [-0.1, -0.05) is 27.2 Å². The molecule has 0 aromatic carbocycles. The molecule has 0 aliphatic rings. The lowest BCUT2D eigenvalue weighted by atomic mass is 9.85. The predicted octanol–water partition coefficient (Wildman–Crippen LogP) is 2.75. The van der Waals surface area contributed by atoms with Crippen molar-refractivity contribution in [1.29, 1.82) is 0 Å². The van der Waals surface area contributed by atoms with Crippen LogP contribution in [0.1, 0.15) is 46.5 Å². The second-order valence-electron chi connectivity index (χ2n) is 4.33. The first-order valence-electron chi connectivity index (χ1n) is 5.98. The fourth-order valence-electron chi connectivity index (χ4n) is 1.41. The normalized spacial score (nSPS) is 13.0. The van der Waals surface area contributed by atoms with Crippen molar-refractivity contribution in [3.63, 3.8) is 0 Å². The largest absolute Gasteiger partial charge is 0.215 e. The lowest BCUT2D eigenvalue weighted by Crippen LogP contribution is -2.39. The topological polar surface area (TPSA) is 46.2 Å². The molecule has 3 nitrogen and oxygen atoms in total. The average Bonchev–Trinajstić information content (AvgIpc) is 2.29. The van der Waals surface area contributed by atoms with Gasteiger partial charge in [-0.2, -0.15) is 0 Å². The molecule has 0 aliphatic heterocycles. The van der Waals surface area contributed by atoms with Gasteiger partial charge < -0.3 is 0 Å². The van der Waals surface area contributed by atoms with Crippen LogP contribution in [0.25, 0.3) is 0 Å². The first-order valence-corrected chi connectivity index (χ1v) is 8.17. The van der Waals surface area contributed by atoms with Gasteiger partial charge in [0.2, 0.25) is 10.0 Å². The molecule has 5 heteroatoms. The van der Waals surface area contributed by atoms with Gasteiger partial charge in [0.05, 0.1) is 5.75 Å². The number of hydrogen-bond acceptors (Lipinski definition) is 2. The summed E-state index contributed by atoms with van der Waals surface area (Å²) in [5.41, 5.74) is -0.0964. The Balaban J connectivity index is 4.30. The van der Waals surface area contributed by atoms with E-state index in [4.69, 9.17) is 11.6 Å². The van der Waals surface area contributed by atoms with E-state index in [0.29, 0.717) is 18.8 Å². The van der Waals surface area contributed by atoms with Gasteiger partial charge in [0, 0.05) is 12.4 Å². The Bertz CT molecular complexity index is 265. The third-order valence-electron chi connectivity index (χ3n) is 3.22. The minimum Gasteiger partial charge on any atom is -0.215 e. The van der Waals surface area contributed by atoms with Crippen molar-refractivity contribution < 1.29 is 8.42 Å². The molecule has 1 N–H and O–H groups in total. The zero-order chi connectivity index (χ0) is 12.7. The van der Waals surface area contributed by atoms with Gasteiger partial charge in [-0.3, -0.25) is 0 Å². The first kappa shape index (κ1) is 16.2. The van der Waals surface area contributed by atoms with E-state index in [9.17, 15) is 8.42 Å². The van der Waals surface area contributed by atoms with Crippen LogP contribution in [0.4, 0.5) is 0 Å². The second kappa shape index (κ2) is 7.51. The first-order chi connectivity index (χ1) is 7.45. The molecule has 0 heterocycles. The molecule has 0 atom stereocenters. The lowest BCUT2D eigenvalue weighted by Gasteiger charge is -2.29. The second-order valence-corrected chi connectivity index (χ2v) is 6.53. The molecule has 0 spiro atoms. The van der Waals surface area contributed by atoms with E-state index in [-0.39, 0.29) is 11.2 Å². The maximum absolute atomic E-state index is 11.6. The standard InChI is InChI=1S/C11H24ClNO2S/c1-4-7-8-16(14,15)13-10-11(5-2,6-3)9-12/h13H,4-10H2,1-3H3. The molecule has 0 bridgehead atoms. The van der Waals surface area contributed by atoms with Crippen molar-refractivity contribution in [3.05, 3.63) is 0 Å². The summed E-state index contributed by atoms with van der Waals surface area (Å²) >= 11 is 5.92. The van der Waals surface area contributed by atoms with Gasteiger partial charge in [-0.25, -0.2) is 13.1 Å². The van der Waals surface area contributed by atoms with E-state index in [0.717, 1.165) is 19.3 Å². The molecule has 16 heavy (non-hydrogen) atoms. The summed E-state index contributed by atoms with van der Waals surface area (Å²) in [7, 11) is -3.12. The van der Waals surface area contributed by atoms with E-state index >= 15 is 0 Å². The number of halogens is 1. The number of nitrogens with one attached hydrogen (secondary N) is 1. The van der Waals surface area contributed by atoms with Gasteiger partial charge >= 0.3 is 0 Å². The van der Waals surface area contributed by atoms with Crippen LogP contribution >= 0.6 is 11.6 Å². The van der Waals surface area contributed by atoms with Gasteiger partial charge in [0.25, 0.3) is 0 Å². The molecule has 0 aliphatic carbocycles. The monoisotopic (exact) mass is 269 g/mol. The Morgan fingerprint density at radius 2 is 1.75 bits per heavy atom. The Morgan fingerprint density at radius 1 is 1.19 bits per heavy atom. The molecule has 0 unspecified atom stereocenters. The molecule has 0 radical (unpaired) electrons. The summed E-state index contributed by atoms with van der Waals surface area (Å²) < 4.78 is 25.9. The average molecular weight is 270 g/mol. The molecule has 0 amide bonds. The van der Waals surface area contributed by atoms with Crippen LogP contribution in [0.15, 0.2) is 0 Å². The van der Waals surface area contributed by atoms with Crippen LogP contribution in [0.5, 0.6) is 0 Å². The smallest absolute Gasteiger partial charge is 0.211 e. The van der Waals surface area contributed by atoms with Gasteiger partial charge in [0.15, 0.2) is 0 Å². The van der Waals surface area contributed by atoms with E-state index in [1.54, 1.807) is 0 Å². The molecule has 0 aromatic rings. The number of alkyl halides is 1. The van der Waals surface area contributed by atoms with Gasteiger partial charge in [-0.05, 0) is 24.7 Å². The number of hydrogen-bond donors (Lipinski definition) is 1. The fraction of sp³-hybridized carbons (Fsp3) is 1.00. The van der Waals surface area contributed by atoms with Crippen molar-refractivity contribution in [2.75, 3.05) is 18.2 Å². The van der Waals surface area contributed by atoms with Crippen LogP contribution < -0.4 is 4.72 Å². The van der Waals surface area contributed by atoms with E-state index in [1.807, 2.05) is 20.8 Å². The molecule has 0 saturated carbocycles. The number of rotatable bonds is 9. The quantitative estimate of drug-likeness (QED) is 0.654. The molecular weight excluding hydrogens is 246 g/mol. The van der Waals surface area contributed by atoms with E-state index in [2.05, 4.69) is 4.72 Å². The van der Waals surface area contributed by atoms with Crippen LogP contribution in [-0.4, -0.2) is 26.6 Å². The number of unbranched alkanes of at least 4 members (excludes halogenated alkanes) is 1. The van der Waals surface area contributed by atoms with Crippen LogP contribution in [0.3, 0.4) is 0 Å². The fourth-order valence-corrected chi connectivity index (χ4v) is 3.22. The summed E-state index contributed by atoms with van der Waals surface area (Å²) in [5, 5.41) is 0. The van der Waals surface area contributed by atoms with Crippen molar-refractivity contribution >= 4 is 21.6 Å². The summed E-state index contributed by atoms with van der Waals surface area (Å²) in [6, 6.07) is 0. The highest BCUT2D eigenvalue weighted by Gasteiger charge is 2.26. The lowest BCUT2D eigenvalue weighted by molar-refractivity contribution is 0.304. The van der Waals surface area contributed by atoms with Gasteiger partial charge in [-0.15, -0.1) is 11.6 Å². The maximum Gasteiger partial charge on any atom is 0.211 e. The number of sulfonamides is 1. The van der Waals surface area contributed by atoms with Crippen molar-refractivity contribution in [2.24, 2.45) is 5.41 Å². The van der Waals surface area contributed by atoms with Crippen molar-refractivity contribution in [1.82, 2.24) is 4.72 Å². The van der Waals surface area contributed by atoms with E-state index in [1.165, 1.54) is 0 Å². The van der Waals surface area contributed by atoms with E-state index < -0.39 is 10.0 Å². The molecule has 98 valence electrons. The predicted molar refractivity (Wildman–Crippen MR) is 70.4 cm³/mol. The van der Waals surface area contributed by atoms with Crippen LogP contribution in [0.2, 0.25) is 0 Å².